The van der Waals surface area contributed by atoms with Gasteiger partial charge < -0.3 is 4.74 Å². The highest BCUT2D eigenvalue weighted by atomic mass is 32.2. The van der Waals surface area contributed by atoms with Gasteiger partial charge in [-0.25, -0.2) is 0 Å². The van der Waals surface area contributed by atoms with E-state index in [2.05, 4.69) is 6.92 Å². The van der Waals surface area contributed by atoms with Crippen molar-refractivity contribution in [1.29, 1.82) is 0 Å². The van der Waals surface area contributed by atoms with Crippen LogP contribution in [0.25, 0.3) is 6.08 Å². The van der Waals surface area contributed by atoms with E-state index in [4.69, 9.17) is 4.74 Å². The Hall–Kier alpha value is -2.53. The summed E-state index contributed by atoms with van der Waals surface area (Å²) in [5.41, 5.74) is 2.93. The first kappa shape index (κ1) is 18.3. The molecule has 26 heavy (non-hydrogen) atoms. The number of amides is 2. The van der Waals surface area contributed by atoms with E-state index in [0.29, 0.717) is 18.1 Å². The fraction of sp³-hybridized carbons (Fsp3) is 0.238. The molecule has 2 aromatic rings. The van der Waals surface area contributed by atoms with E-state index in [0.717, 1.165) is 40.6 Å². The minimum Gasteiger partial charge on any atom is -0.494 e. The topological polar surface area (TPSA) is 46.6 Å². The number of carbonyl (C=O) groups excluding carboxylic acids is 2. The molecule has 0 saturated carbocycles. The third-order valence-electron chi connectivity index (χ3n) is 3.95. The second kappa shape index (κ2) is 8.23. The summed E-state index contributed by atoms with van der Waals surface area (Å²) in [4.78, 5) is 26.6. The molecule has 0 N–H and O–H groups in total. The molecule has 0 bridgehead atoms. The number of hydrogen-bond acceptors (Lipinski definition) is 4. The van der Waals surface area contributed by atoms with Crippen molar-refractivity contribution in [2.24, 2.45) is 0 Å². The first-order chi connectivity index (χ1) is 12.6. The average Bonchev–Trinajstić information content (AvgIpc) is 2.89. The molecule has 4 nitrogen and oxygen atoms in total. The van der Waals surface area contributed by atoms with Crippen LogP contribution in [0, 0.1) is 6.92 Å². The molecule has 0 aromatic heterocycles. The molecule has 1 fully saturated rings. The summed E-state index contributed by atoms with van der Waals surface area (Å²) in [6.45, 7) is 5.02. The van der Waals surface area contributed by atoms with Gasteiger partial charge in [0.15, 0.2) is 0 Å². The van der Waals surface area contributed by atoms with Gasteiger partial charge in [0, 0.05) is 0 Å². The van der Waals surface area contributed by atoms with Crippen LogP contribution < -0.4 is 4.74 Å². The summed E-state index contributed by atoms with van der Waals surface area (Å²) in [5.74, 6) is 0.560. The van der Waals surface area contributed by atoms with Crippen molar-refractivity contribution >= 4 is 29.0 Å². The summed E-state index contributed by atoms with van der Waals surface area (Å²) in [5, 5.41) is -0.231. The molecule has 1 aliphatic heterocycles. The third-order valence-corrected chi connectivity index (χ3v) is 4.85. The molecular formula is C21H21NO3S. The number of aryl methyl sites for hydroxylation is 1. The molecule has 134 valence electrons. The molecule has 1 heterocycles. The Morgan fingerprint density at radius 2 is 1.88 bits per heavy atom. The van der Waals surface area contributed by atoms with E-state index in [1.807, 2.05) is 55.5 Å². The van der Waals surface area contributed by atoms with Crippen LogP contribution in [0.5, 0.6) is 5.75 Å². The Labute approximate surface area is 157 Å². The van der Waals surface area contributed by atoms with Crippen LogP contribution in [-0.4, -0.2) is 22.7 Å². The minimum absolute atomic E-state index is 0.231. The average molecular weight is 367 g/mol. The number of rotatable bonds is 6. The van der Waals surface area contributed by atoms with Crippen molar-refractivity contribution in [3.05, 3.63) is 70.1 Å². The van der Waals surface area contributed by atoms with Gasteiger partial charge >= 0.3 is 0 Å². The molecule has 2 aromatic carbocycles. The predicted molar refractivity (Wildman–Crippen MR) is 105 cm³/mol. The lowest BCUT2D eigenvalue weighted by atomic mass is 10.1. The Morgan fingerprint density at radius 3 is 2.58 bits per heavy atom. The third kappa shape index (κ3) is 4.35. The second-order valence-electron chi connectivity index (χ2n) is 6.17. The van der Waals surface area contributed by atoms with Crippen LogP contribution in [-0.2, 0) is 11.3 Å². The summed E-state index contributed by atoms with van der Waals surface area (Å²) in [7, 11) is 0. The zero-order chi connectivity index (χ0) is 18.5. The molecule has 1 aliphatic rings. The van der Waals surface area contributed by atoms with E-state index >= 15 is 0 Å². The largest absolute Gasteiger partial charge is 0.494 e. The van der Waals surface area contributed by atoms with Crippen LogP contribution in [0.2, 0.25) is 0 Å². The van der Waals surface area contributed by atoms with Crippen LogP contribution in [0.15, 0.2) is 53.4 Å². The van der Waals surface area contributed by atoms with Crippen molar-refractivity contribution in [3.63, 3.8) is 0 Å². The number of hydrogen-bond donors (Lipinski definition) is 0. The number of nitrogens with zero attached hydrogens (tertiary/aromatic N) is 1. The van der Waals surface area contributed by atoms with Gasteiger partial charge in [0.25, 0.3) is 11.1 Å². The van der Waals surface area contributed by atoms with Gasteiger partial charge in [0.1, 0.15) is 5.75 Å². The quantitative estimate of drug-likeness (QED) is 0.673. The highest BCUT2D eigenvalue weighted by molar-refractivity contribution is 8.18. The molecule has 1 saturated heterocycles. The first-order valence-electron chi connectivity index (χ1n) is 8.60. The standard InChI is InChI=1S/C21H21NO3S/c1-3-11-25-18-9-7-16(8-10-18)13-19-20(23)22(21(24)26-19)14-17-6-4-5-15(2)12-17/h4-10,12-13H,3,11,14H2,1-2H3/b19-13-. The molecule has 0 radical (unpaired) electrons. The molecule has 0 aliphatic carbocycles. The summed E-state index contributed by atoms with van der Waals surface area (Å²) < 4.78 is 5.56. The number of carbonyl (C=O) groups is 2. The fourth-order valence-electron chi connectivity index (χ4n) is 2.66. The SMILES string of the molecule is CCCOc1ccc(/C=C2\SC(=O)N(Cc3cccc(C)c3)C2=O)cc1. The van der Waals surface area contributed by atoms with Crippen molar-refractivity contribution in [3.8, 4) is 5.75 Å². The van der Waals surface area contributed by atoms with Gasteiger partial charge in [-0.2, -0.15) is 0 Å². The maximum absolute atomic E-state index is 12.6. The monoisotopic (exact) mass is 367 g/mol. The second-order valence-corrected chi connectivity index (χ2v) is 7.17. The molecule has 2 amide bonds. The van der Waals surface area contributed by atoms with Gasteiger partial charge in [0.05, 0.1) is 18.1 Å². The maximum Gasteiger partial charge on any atom is 0.293 e. The molecule has 3 rings (SSSR count). The Kier molecular flexibility index (Phi) is 5.78. The van der Waals surface area contributed by atoms with E-state index in [9.17, 15) is 9.59 Å². The van der Waals surface area contributed by atoms with E-state index in [1.54, 1.807) is 6.08 Å². The minimum atomic E-state index is -0.243. The first-order valence-corrected chi connectivity index (χ1v) is 9.42. The zero-order valence-electron chi connectivity index (χ0n) is 14.9. The number of ether oxygens (including phenoxy) is 1. The molecule has 0 atom stereocenters. The van der Waals surface area contributed by atoms with Crippen molar-refractivity contribution in [2.75, 3.05) is 6.61 Å². The summed E-state index contributed by atoms with van der Waals surface area (Å²) in [6.07, 6.45) is 2.71. The Bertz CT molecular complexity index is 843. The van der Waals surface area contributed by atoms with Crippen LogP contribution in [0.3, 0.4) is 0 Å². The lowest BCUT2D eigenvalue weighted by molar-refractivity contribution is -0.123. The van der Waals surface area contributed by atoms with Crippen molar-refractivity contribution in [1.82, 2.24) is 4.90 Å². The van der Waals surface area contributed by atoms with Crippen LogP contribution in [0.1, 0.15) is 30.0 Å². The molecule has 0 spiro atoms. The lowest BCUT2D eigenvalue weighted by Gasteiger charge is -2.12. The Morgan fingerprint density at radius 1 is 1.12 bits per heavy atom. The molecule has 5 heteroatoms. The number of benzene rings is 2. The smallest absolute Gasteiger partial charge is 0.293 e. The number of thioether (sulfide) groups is 1. The fourth-order valence-corrected chi connectivity index (χ4v) is 3.50. The molecular weight excluding hydrogens is 346 g/mol. The van der Waals surface area contributed by atoms with Crippen LogP contribution >= 0.6 is 11.8 Å². The molecule has 0 unspecified atom stereocenters. The van der Waals surface area contributed by atoms with Gasteiger partial charge in [-0.15, -0.1) is 0 Å². The normalized spacial score (nSPS) is 15.8. The lowest BCUT2D eigenvalue weighted by Crippen LogP contribution is -2.27. The Balaban J connectivity index is 1.72. The van der Waals surface area contributed by atoms with Crippen molar-refractivity contribution in [2.45, 2.75) is 26.8 Å². The van der Waals surface area contributed by atoms with Crippen LogP contribution in [0.4, 0.5) is 4.79 Å². The highest BCUT2D eigenvalue weighted by Crippen LogP contribution is 2.33. The summed E-state index contributed by atoms with van der Waals surface area (Å²) in [6, 6.07) is 15.4. The maximum atomic E-state index is 12.6. The van der Waals surface area contributed by atoms with Gasteiger partial charge in [-0.05, 0) is 54.4 Å². The number of imide groups is 1. The van der Waals surface area contributed by atoms with E-state index in [-0.39, 0.29) is 11.1 Å². The zero-order valence-corrected chi connectivity index (χ0v) is 15.7. The van der Waals surface area contributed by atoms with E-state index < -0.39 is 0 Å². The van der Waals surface area contributed by atoms with Gasteiger partial charge in [-0.1, -0.05) is 48.9 Å². The van der Waals surface area contributed by atoms with Gasteiger partial charge in [-0.3, -0.25) is 14.5 Å². The summed E-state index contributed by atoms with van der Waals surface area (Å²) >= 11 is 0.985. The van der Waals surface area contributed by atoms with E-state index in [1.165, 1.54) is 4.90 Å². The highest BCUT2D eigenvalue weighted by Gasteiger charge is 2.34. The van der Waals surface area contributed by atoms with Gasteiger partial charge in [0.2, 0.25) is 0 Å². The predicted octanol–water partition coefficient (Wildman–Crippen LogP) is 5.02. The van der Waals surface area contributed by atoms with Crippen molar-refractivity contribution < 1.29 is 14.3 Å².